The lowest BCUT2D eigenvalue weighted by Crippen LogP contribution is -2.21. The van der Waals surface area contributed by atoms with Crippen molar-refractivity contribution in [1.29, 1.82) is 0 Å². The van der Waals surface area contributed by atoms with Crippen LogP contribution < -0.4 is 5.32 Å². The molecule has 0 aliphatic carbocycles. The van der Waals surface area contributed by atoms with Crippen LogP contribution in [-0.2, 0) is 13.1 Å². The largest absolute Gasteiger partial charge is 0.465 e. The number of aromatic nitrogens is 2. The molecule has 0 saturated heterocycles. The molecule has 0 atom stereocenters. The molecule has 0 spiro atoms. The van der Waals surface area contributed by atoms with Crippen LogP contribution in [-0.4, -0.2) is 15.8 Å². The van der Waals surface area contributed by atoms with Gasteiger partial charge in [-0.15, -0.1) is 0 Å². The first kappa shape index (κ1) is 13.4. The second-order valence-corrected chi connectivity index (χ2v) is 5.60. The number of furan rings is 1. The van der Waals surface area contributed by atoms with Crippen LogP contribution in [0.5, 0.6) is 0 Å². The van der Waals surface area contributed by atoms with Crippen molar-refractivity contribution in [3.05, 3.63) is 40.0 Å². The maximum absolute atomic E-state index is 5.73. The predicted octanol–water partition coefficient (Wildman–Crippen LogP) is 3.09. The standard InChI is InChI=1S/C13H18BrN3O/c1-9(2)15-6-13-4-11(10(3)18-13)7-17-8-12(14)5-16-17/h4-5,8-9,15H,6-7H2,1-3H3. The molecule has 0 radical (unpaired) electrons. The minimum Gasteiger partial charge on any atom is -0.465 e. The monoisotopic (exact) mass is 311 g/mol. The summed E-state index contributed by atoms with van der Waals surface area (Å²) in [6.07, 6.45) is 3.75. The van der Waals surface area contributed by atoms with Crippen molar-refractivity contribution in [2.75, 3.05) is 0 Å². The van der Waals surface area contributed by atoms with Gasteiger partial charge in [-0.2, -0.15) is 5.10 Å². The van der Waals surface area contributed by atoms with Gasteiger partial charge < -0.3 is 9.73 Å². The molecule has 98 valence electrons. The van der Waals surface area contributed by atoms with Gasteiger partial charge >= 0.3 is 0 Å². The van der Waals surface area contributed by atoms with Crippen LogP contribution in [0, 0.1) is 6.92 Å². The van der Waals surface area contributed by atoms with E-state index in [9.17, 15) is 0 Å². The molecule has 0 aromatic carbocycles. The Balaban J connectivity index is 2.04. The summed E-state index contributed by atoms with van der Waals surface area (Å²) in [7, 11) is 0. The highest BCUT2D eigenvalue weighted by Gasteiger charge is 2.09. The number of aryl methyl sites for hydroxylation is 1. The molecule has 0 amide bonds. The summed E-state index contributed by atoms with van der Waals surface area (Å²) < 4.78 is 8.61. The molecule has 5 heteroatoms. The van der Waals surface area contributed by atoms with Gasteiger partial charge in [0.25, 0.3) is 0 Å². The lowest BCUT2D eigenvalue weighted by molar-refractivity contribution is 0.445. The topological polar surface area (TPSA) is 43.0 Å². The third kappa shape index (κ3) is 3.46. The summed E-state index contributed by atoms with van der Waals surface area (Å²) in [5.41, 5.74) is 1.17. The smallest absolute Gasteiger partial charge is 0.118 e. The van der Waals surface area contributed by atoms with Gasteiger partial charge in [0, 0.05) is 17.8 Å². The molecule has 0 aliphatic rings. The highest BCUT2D eigenvalue weighted by molar-refractivity contribution is 9.10. The molecule has 2 heterocycles. The van der Waals surface area contributed by atoms with E-state index in [0.717, 1.165) is 29.1 Å². The van der Waals surface area contributed by atoms with Crippen molar-refractivity contribution in [3.63, 3.8) is 0 Å². The van der Waals surface area contributed by atoms with Crippen LogP contribution in [0.4, 0.5) is 0 Å². The Morgan fingerprint density at radius 2 is 2.28 bits per heavy atom. The molecule has 0 aliphatic heterocycles. The van der Waals surface area contributed by atoms with E-state index in [2.05, 4.69) is 46.3 Å². The maximum Gasteiger partial charge on any atom is 0.118 e. The lowest BCUT2D eigenvalue weighted by Gasteiger charge is -2.04. The molecular weight excluding hydrogens is 294 g/mol. The quantitative estimate of drug-likeness (QED) is 0.922. The summed E-state index contributed by atoms with van der Waals surface area (Å²) in [6.45, 7) is 7.74. The summed E-state index contributed by atoms with van der Waals surface area (Å²) in [6, 6.07) is 2.56. The van der Waals surface area contributed by atoms with E-state index in [1.165, 1.54) is 5.56 Å². The Kier molecular flexibility index (Phi) is 4.24. The van der Waals surface area contributed by atoms with E-state index in [4.69, 9.17) is 4.42 Å². The van der Waals surface area contributed by atoms with E-state index < -0.39 is 0 Å². The SMILES string of the molecule is Cc1oc(CNC(C)C)cc1Cn1cc(Br)cn1. The van der Waals surface area contributed by atoms with Gasteiger partial charge in [-0.1, -0.05) is 13.8 Å². The van der Waals surface area contributed by atoms with Crippen molar-refractivity contribution in [3.8, 4) is 0 Å². The third-order valence-corrected chi connectivity index (χ3v) is 3.10. The zero-order chi connectivity index (χ0) is 13.1. The van der Waals surface area contributed by atoms with Gasteiger partial charge in [0.05, 0.1) is 23.8 Å². The van der Waals surface area contributed by atoms with Crippen LogP contribution in [0.25, 0.3) is 0 Å². The van der Waals surface area contributed by atoms with Gasteiger partial charge in [0.15, 0.2) is 0 Å². The molecule has 2 rings (SSSR count). The second-order valence-electron chi connectivity index (χ2n) is 4.69. The predicted molar refractivity (Wildman–Crippen MR) is 74.4 cm³/mol. The van der Waals surface area contributed by atoms with Gasteiger partial charge in [-0.3, -0.25) is 4.68 Å². The average Bonchev–Trinajstić information content (AvgIpc) is 2.84. The molecule has 4 nitrogen and oxygen atoms in total. The van der Waals surface area contributed by atoms with Gasteiger partial charge in [0.1, 0.15) is 11.5 Å². The molecule has 0 unspecified atom stereocenters. The summed E-state index contributed by atoms with van der Waals surface area (Å²) in [5.74, 6) is 1.93. The van der Waals surface area contributed by atoms with Crippen molar-refractivity contribution < 1.29 is 4.42 Å². The maximum atomic E-state index is 5.73. The fraction of sp³-hybridized carbons (Fsp3) is 0.462. The third-order valence-electron chi connectivity index (χ3n) is 2.69. The molecule has 18 heavy (non-hydrogen) atoms. The first-order valence-electron chi connectivity index (χ1n) is 6.04. The summed E-state index contributed by atoms with van der Waals surface area (Å²) >= 11 is 3.39. The van der Waals surface area contributed by atoms with Crippen molar-refractivity contribution in [2.45, 2.75) is 39.9 Å². The molecular formula is C13H18BrN3O. The number of halogens is 1. The van der Waals surface area contributed by atoms with Crippen LogP contribution in [0.1, 0.15) is 30.9 Å². The fourth-order valence-corrected chi connectivity index (χ4v) is 2.06. The Morgan fingerprint density at radius 1 is 1.50 bits per heavy atom. The van der Waals surface area contributed by atoms with E-state index in [0.29, 0.717) is 6.04 Å². The number of hydrogen-bond acceptors (Lipinski definition) is 3. The van der Waals surface area contributed by atoms with E-state index in [-0.39, 0.29) is 0 Å². The molecule has 0 fully saturated rings. The second kappa shape index (κ2) is 5.71. The molecule has 1 N–H and O–H groups in total. The average molecular weight is 312 g/mol. The number of nitrogens with zero attached hydrogens (tertiary/aromatic N) is 2. The van der Waals surface area contributed by atoms with Crippen LogP contribution >= 0.6 is 15.9 Å². The van der Waals surface area contributed by atoms with Crippen molar-refractivity contribution in [2.24, 2.45) is 0 Å². The highest BCUT2D eigenvalue weighted by atomic mass is 79.9. The Labute approximate surface area is 115 Å². The van der Waals surface area contributed by atoms with E-state index in [1.807, 2.05) is 17.8 Å². The molecule has 2 aromatic heterocycles. The number of hydrogen-bond donors (Lipinski definition) is 1. The first-order valence-corrected chi connectivity index (χ1v) is 6.83. The Bertz CT molecular complexity index is 516. The minimum absolute atomic E-state index is 0.459. The zero-order valence-corrected chi connectivity index (χ0v) is 12.5. The Hall–Kier alpha value is -1.07. The molecule has 0 saturated carbocycles. The van der Waals surface area contributed by atoms with Crippen LogP contribution in [0.2, 0.25) is 0 Å². The molecule has 2 aromatic rings. The summed E-state index contributed by atoms with van der Waals surface area (Å²) in [4.78, 5) is 0. The molecule has 0 bridgehead atoms. The number of rotatable bonds is 5. The van der Waals surface area contributed by atoms with Crippen molar-refractivity contribution in [1.82, 2.24) is 15.1 Å². The zero-order valence-electron chi connectivity index (χ0n) is 10.9. The number of nitrogens with one attached hydrogen (secondary N) is 1. The lowest BCUT2D eigenvalue weighted by atomic mass is 10.2. The normalized spacial score (nSPS) is 11.4. The van der Waals surface area contributed by atoms with Gasteiger partial charge in [-0.05, 0) is 28.9 Å². The van der Waals surface area contributed by atoms with Crippen LogP contribution in [0.15, 0.2) is 27.3 Å². The fourth-order valence-electron chi connectivity index (χ4n) is 1.74. The highest BCUT2D eigenvalue weighted by Crippen LogP contribution is 2.17. The Morgan fingerprint density at radius 3 is 2.89 bits per heavy atom. The van der Waals surface area contributed by atoms with E-state index in [1.54, 1.807) is 6.20 Å². The van der Waals surface area contributed by atoms with E-state index >= 15 is 0 Å². The first-order chi connectivity index (χ1) is 8.54. The van der Waals surface area contributed by atoms with Gasteiger partial charge in [0.2, 0.25) is 0 Å². The van der Waals surface area contributed by atoms with Crippen LogP contribution in [0.3, 0.4) is 0 Å². The van der Waals surface area contributed by atoms with Crippen molar-refractivity contribution >= 4 is 15.9 Å². The van der Waals surface area contributed by atoms with Gasteiger partial charge in [-0.25, -0.2) is 0 Å². The summed E-state index contributed by atoms with van der Waals surface area (Å²) in [5, 5.41) is 7.59. The minimum atomic E-state index is 0.459.